The molecule has 0 amide bonds. The van der Waals surface area contributed by atoms with Gasteiger partial charge in [-0.15, -0.1) is 0 Å². The number of hydrogen-bond acceptors (Lipinski definition) is 2. The first kappa shape index (κ1) is 9.44. The molecule has 0 atom stereocenters. The molecule has 0 saturated heterocycles. The van der Waals surface area contributed by atoms with Gasteiger partial charge in [0.05, 0.1) is 7.11 Å². The molecule has 0 unspecified atom stereocenters. The van der Waals surface area contributed by atoms with Gasteiger partial charge in [0.1, 0.15) is 11.4 Å². The monoisotopic (exact) mass is 188 g/mol. The van der Waals surface area contributed by atoms with Gasteiger partial charge in [-0.3, -0.25) is 0 Å². The van der Waals surface area contributed by atoms with Crippen molar-refractivity contribution in [3.63, 3.8) is 0 Å². The third kappa shape index (κ3) is 1.74. The smallest absolute Gasteiger partial charge is 0.338 e. The highest BCUT2D eigenvalue weighted by molar-refractivity contribution is 5.88. The highest BCUT2D eigenvalue weighted by Crippen LogP contribution is 2.21. The average Bonchev–Trinajstić information content (AvgIpc) is 2.08. The number of methoxy groups -OCH3 is 1. The number of carboxylic acids is 1. The average molecular weight is 188 g/mol. The molecule has 13 heavy (non-hydrogen) atoms. The van der Waals surface area contributed by atoms with Crippen molar-refractivity contribution >= 4 is 5.97 Å². The zero-order valence-corrected chi connectivity index (χ0v) is 6.67. The van der Waals surface area contributed by atoms with Gasteiger partial charge in [0.2, 0.25) is 0 Å². The molecule has 1 aromatic rings. The minimum Gasteiger partial charge on any atom is -0.494 e. The van der Waals surface area contributed by atoms with E-state index in [1.165, 1.54) is 0 Å². The topological polar surface area (TPSA) is 46.5 Å². The summed E-state index contributed by atoms with van der Waals surface area (Å²) in [4.78, 5) is 10.4. The quantitative estimate of drug-likeness (QED) is 0.767. The zero-order chi connectivity index (χ0) is 10.0. The fourth-order valence-electron chi connectivity index (χ4n) is 0.868. The first-order valence-electron chi connectivity index (χ1n) is 3.32. The predicted molar refractivity (Wildman–Crippen MR) is 39.9 cm³/mol. The van der Waals surface area contributed by atoms with Crippen LogP contribution in [0.5, 0.6) is 5.75 Å². The second-order valence-electron chi connectivity index (χ2n) is 2.27. The van der Waals surface area contributed by atoms with Gasteiger partial charge < -0.3 is 9.84 Å². The van der Waals surface area contributed by atoms with E-state index >= 15 is 0 Å². The molecule has 70 valence electrons. The number of ether oxygens (including phenoxy) is 1. The van der Waals surface area contributed by atoms with Crippen molar-refractivity contribution < 1.29 is 23.4 Å². The first-order chi connectivity index (χ1) is 6.06. The van der Waals surface area contributed by atoms with E-state index < -0.39 is 28.9 Å². The van der Waals surface area contributed by atoms with Crippen LogP contribution >= 0.6 is 0 Å². The molecular formula is C8H6F2O3. The van der Waals surface area contributed by atoms with Crippen molar-refractivity contribution in [2.45, 2.75) is 0 Å². The van der Waals surface area contributed by atoms with Crippen LogP contribution in [0.2, 0.25) is 0 Å². The summed E-state index contributed by atoms with van der Waals surface area (Å²) in [5, 5.41) is 8.45. The highest BCUT2D eigenvalue weighted by atomic mass is 19.1. The van der Waals surface area contributed by atoms with Crippen LogP contribution in [-0.2, 0) is 0 Å². The third-order valence-electron chi connectivity index (χ3n) is 1.45. The molecular weight excluding hydrogens is 182 g/mol. The molecule has 0 saturated carbocycles. The van der Waals surface area contributed by atoms with Crippen LogP contribution in [-0.4, -0.2) is 18.2 Å². The van der Waals surface area contributed by atoms with E-state index in [0.717, 1.165) is 13.2 Å². The highest BCUT2D eigenvalue weighted by Gasteiger charge is 2.16. The lowest BCUT2D eigenvalue weighted by Gasteiger charge is -2.03. The van der Waals surface area contributed by atoms with Gasteiger partial charge in [0, 0.05) is 6.07 Å². The lowest BCUT2D eigenvalue weighted by atomic mass is 10.2. The summed E-state index contributed by atoms with van der Waals surface area (Å²) in [6.07, 6.45) is 0. The maximum absolute atomic E-state index is 13.0. The van der Waals surface area contributed by atoms with Gasteiger partial charge in [0.15, 0.2) is 11.6 Å². The molecule has 0 radical (unpaired) electrons. The molecule has 1 rings (SSSR count). The number of rotatable bonds is 2. The van der Waals surface area contributed by atoms with Gasteiger partial charge in [-0.2, -0.15) is 0 Å². The van der Waals surface area contributed by atoms with Crippen molar-refractivity contribution in [2.24, 2.45) is 0 Å². The van der Waals surface area contributed by atoms with Gasteiger partial charge >= 0.3 is 5.97 Å². The molecule has 0 aliphatic carbocycles. The van der Waals surface area contributed by atoms with Crippen molar-refractivity contribution in [1.82, 2.24) is 0 Å². The van der Waals surface area contributed by atoms with Crippen molar-refractivity contribution in [3.05, 3.63) is 29.3 Å². The van der Waals surface area contributed by atoms with Gasteiger partial charge in [-0.25, -0.2) is 13.6 Å². The van der Waals surface area contributed by atoms with Crippen LogP contribution < -0.4 is 4.74 Å². The van der Waals surface area contributed by atoms with Gasteiger partial charge in [-0.05, 0) is 6.07 Å². The summed E-state index contributed by atoms with van der Waals surface area (Å²) in [6.45, 7) is 0. The van der Waals surface area contributed by atoms with Crippen molar-refractivity contribution in [3.8, 4) is 5.75 Å². The molecule has 1 aromatic carbocycles. The summed E-state index contributed by atoms with van der Waals surface area (Å²) in [5.41, 5.74) is -0.739. The minimum atomic E-state index is -1.53. The second kappa shape index (κ2) is 3.38. The molecule has 3 nitrogen and oxygen atoms in total. The Morgan fingerprint density at radius 2 is 2.08 bits per heavy atom. The Morgan fingerprint density at radius 3 is 2.54 bits per heavy atom. The predicted octanol–water partition coefficient (Wildman–Crippen LogP) is 1.67. The van der Waals surface area contributed by atoms with E-state index in [9.17, 15) is 13.6 Å². The SMILES string of the molecule is COc1cc(F)cc(C(=O)O)c1F. The first-order valence-corrected chi connectivity index (χ1v) is 3.32. The molecule has 0 fully saturated rings. The Labute approximate surface area is 72.6 Å². The lowest BCUT2D eigenvalue weighted by Crippen LogP contribution is -2.03. The fourth-order valence-corrected chi connectivity index (χ4v) is 0.868. The van der Waals surface area contributed by atoms with E-state index in [2.05, 4.69) is 4.74 Å². The molecule has 0 aliphatic heterocycles. The van der Waals surface area contributed by atoms with Crippen LogP contribution in [0.3, 0.4) is 0 Å². The standard InChI is InChI=1S/C8H6F2O3/c1-13-6-3-4(9)2-5(7(6)10)8(11)12/h2-3H,1H3,(H,11,12). The van der Waals surface area contributed by atoms with E-state index in [-0.39, 0.29) is 0 Å². The fraction of sp³-hybridized carbons (Fsp3) is 0.125. The van der Waals surface area contributed by atoms with Crippen molar-refractivity contribution in [2.75, 3.05) is 7.11 Å². The Balaban J connectivity index is 3.35. The number of benzene rings is 1. The van der Waals surface area contributed by atoms with Gasteiger partial charge in [-0.1, -0.05) is 0 Å². The number of carboxylic acid groups (broad SMARTS) is 1. The van der Waals surface area contributed by atoms with Crippen LogP contribution in [0, 0.1) is 11.6 Å². The van der Waals surface area contributed by atoms with Crippen LogP contribution in [0.15, 0.2) is 12.1 Å². The Morgan fingerprint density at radius 1 is 1.46 bits per heavy atom. The molecule has 5 heteroatoms. The second-order valence-corrected chi connectivity index (χ2v) is 2.27. The summed E-state index contributed by atoms with van der Waals surface area (Å²) in [6, 6.07) is 1.38. The maximum atomic E-state index is 13.0. The molecule has 0 aliphatic rings. The summed E-state index contributed by atoms with van der Waals surface area (Å²) >= 11 is 0. The number of hydrogen-bond donors (Lipinski definition) is 1. The van der Waals surface area contributed by atoms with E-state index in [4.69, 9.17) is 5.11 Å². The van der Waals surface area contributed by atoms with E-state index in [1.807, 2.05) is 0 Å². The zero-order valence-electron chi connectivity index (χ0n) is 6.67. The number of carbonyl (C=O) groups is 1. The van der Waals surface area contributed by atoms with Gasteiger partial charge in [0.25, 0.3) is 0 Å². The van der Waals surface area contributed by atoms with Crippen LogP contribution in [0.1, 0.15) is 10.4 Å². The lowest BCUT2D eigenvalue weighted by molar-refractivity contribution is 0.0690. The summed E-state index contributed by atoms with van der Waals surface area (Å²) in [5.74, 6) is -3.88. The Bertz CT molecular complexity index is 349. The normalized spacial score (nSPS) is 9.77. The summed E-state index contributed by atoms with van der Waals surface area (Å²) in [7, 11) is 1.13. The molecule has 1 N–H and O–H groups in total. The molecule has 0 aromatic heterocycles. The molecule has 0 heterocycles. The van der Waals surface area contributed by atoms with E-state index in [0.29, 0.717) is 6.07 Å². The van der Waals surface area contributed by atoms with Crippen LogP contribution in [0.25, 0.3) is 0 Å². The number of aromatic carboxylic acids is 1. The van der Waals surface area contributed by atoms with Crippen LogP contribution in [0.4, 0.5) is 8.78 Å². The largest absolute Gasteiger partial charge is 0.494 e. The third-order valence-corrected chi connectivity index (χ3v) is 1.45. The minimum absolute atomic E-state index is 0.419. The maximum Gasteiger partial charge on any atom is 0.338 e. The molecule has 0 spiro atoms. The number of halogens is 2. The Kier molecular flexibility index (Phi) is 2.46. The summed E-state index contributed by atoms with van der Waals surface area (Å²) < 4.78 is 30.1. The molecule has 0 bridgehead atoms. The van der Waals surface area contributed by atoms with Crippen molar-refractivity contribution in [1.29, 1.82) is 0 Å². The Hall–Kier alpha value is -1.65. The van der Waals surface area contributed by atoms with E-state index in [1.54, 1.807) is 0 Å².